The Morgan fingerprint density at radius 3 is 2.53 bits per heavy atom. The van der Waals surface area contributed by atoms with Gasteiger partial charge in [-0.3, -0.25) is 0 Å². The Morgan fingerprint density at radius 1 is 0.882 bits per heavy atom. The van der Waals surface area contributed by atoms with E-state index in [-0.39, 0.29) is 6.61 Å². The molecule has 0 aliphatic heterocycles. The molecule has 4 nitrogen and oxygen atoms in total. The molecule has 0 unspecified atom stereocenters. The molecule has 0 radical (unpaired) electrons. The van der Waals surface area contributed by atoms with E-state index in [1.54, 1.807) is 35.0 Å². The van der Waals surface area contributed by atoms with Crippen LogP contribution in [0.25, 0.3) is 22.4 Å². The number of ether oxygens (including phenoxy) is 1. The van der Waals surface area contributed by atoms with Gasteiger partial charge >= 0.3 is 0 Å². The van der Waals surface area contributed by atoms with E-state index in [0.29, 0.717) is 44.9 Å². The molecule has 170 valence electrons. The van der Waals surface area contributed by atoms with Gasteiger partial charge in [0.05, 0.1) is 16.6 Å². The van der Waals surface area contributed by atoms with E-state index in [0.717, 1.165) is 23.3 Å². The van der Waals surface area contributed by atoms with Crippen molar-refractivity contribution in [3.05, 3.63) is 112 Å². The van der Waals surface area contributed by atoms with E-state index < -0.39 is 11.6 Å². The average Bonchev–Trinajstić information content (AvgIpc) is 3.16. The number of benzene rings is 3. The van der Waals surface area contributed by atoms with E-state index in [1.165, 1.54) is 0 Å². The first kappa shape index (κ1) is 22.3. The molecule has 0 atom stereocenters. The van der Waals surface area contributed by atoms with Crippen LogP contribution in [0.2, 0.25) is 10.0 Å². The highest BCUT2D eigenvalue weighted by atomic mass is 35.5. The van der Waals surface area contributed by atoms with Gasteiger partial charge in [0.2, 0.25) is 5.88 Å². The molecule has 5 aromatic rings. The van der Waals surface area contributed by atoms with Crippen LogP contribution in [0.4, 0.5) is 8.78 Å². The molecule has 0 fully saturated rings. The van der Waals surface area contributed by atoms with Crippen molar-refractivity contribution in [3.8, 4) is 17.3 Å². The van der Waals surface area contributed by atoms with Gasteiger partial charge in [0, 0.05) is 40.5 Å². The van der Waals surface area contributed by atoms with Crippen LogP contribution in [-0.2, 0) is 13.2 Å². The molecule has 34 heavy (non-hydrogen) atoms. The summed E-state index contributed by atoms with van der Waals surface area (Å²) in [5, 5.41) is 1.16. The molecule has 0 saturated heterocycles. The van der Waals surface area contributed by atoms with Gasteiger partial charge in [0.15, 0.2) is 11.6 Å². The Hall–Kier alpha value is -3.48. The van der Waals surface area contributed by atoms with Gasteiger partial charge in [-0.2, -0.15) is 0 Å². The SMILES string of the molecule is Fc1cc2nc(-c3cccnc3OCc3ccccc3Cl)n(Cc3cccc(Cl)c3)c2cc1F. The molecule has 0 aliphatic rings. The Labute approximate surface area is 204 Å². The minimum absolute atomic E-state index is 0.196. The number of halogens is 4. The van der Waals surface area contributed by atoms with Crippen LogP contribution in [0.5, 0.6) is 5.88 Å². The minimum Gasteiger partial charge on any atom is -0.472 e. The van der Waals surface area contributed by atoms with Gasteiger partial charge in [0.1, 0.15) is 12.4 Å². The lowest BCUT2D eigenvalue weighted by atomic mass is 10.2. The number of rotatable bonds is 6. The van der Waals surface area contributed by atoms with Crippen molar-refractivity contribution >= 4 is 34.2 Å². The summed E-state index contributed by atoms with van der Waals surface area (Å²) in [5.74, 6) is -1.13. The van der Waals surface area contributed by atoms with Crippen molar-refractivity contribution in [1.82, 2.24) is 14.5 Å². The summed E-state index contributed by atoms with van der Waals surface area (Å²) in [6.45, 7) is 0.526. The Kier molecular flexibility index (Phi) is 6.18. The van der Waals surface area contributed by atoms with Gasteiger partial charge in [-0.25, -0.2) is 18.7 Å². The van der Waals surface area contributed by atoms with Crippen molar-refractivity contribution in [1.29, 1.82) is 0 Å². The number of hydrogen-bond donors (Lipinski definition) is 0. The number of aromatic nitrogens is 3. The third kappa shape index (κ3) is 4.47. The average molecular weight is 496 g/mol. The van der Waals surface area contributed by atoms with Crippen LogP contribution in [0.1, 0.15) is 11.1 Å². The van der Waals surface area contributed by atoms with E-state index in [2.05, 4.69) is 9.97 Å². The molecule has 0 amide bonds. The number of pyridine rings is 1. The second-order valence-electron chi connectivity index (χ2n) is 7.64. The molecule has 2 heterocycles. The normalized spacial score (nSPS) is 11.2. The molecule has 0 aliphatic carbocycles. The molecule has 2 aromatic heterocycles. The lowest BCUT2D eigenvalue weighted by Crippen LogP contribution is -2.05. The molecular weight excluding hydrogens is 479 g/mol. The minimum atomic E-state index is -0.965. The third-order valence-corrected chi connectivity index (χ3v) is 5.96. The lowest BCUT2D eigenvalue weighted by Gasteiger charge is -2.13. The summed E-state index contributed by atoms with van der Waals surface area (Å²) in [6.07, 6.45) is 1.61. The van der Waals surface area contributed by atoms with Gasteiger partial charge in [-0.1, -0.05) is 53.5 Å². The van der Waals surface area contributed by atoms with Gasteiger partial charge in [0.25, 0.3) is 0 Å². The summed E-state index contributed by atoms with van der Waals surface area (Å²) < 4.78 is 36.0. The van der Waals surface area contributed by atoms with Crippen molar-refractivity contribution in [2.45, 2.75) is 13.2 Å². The lowest BCUT2D eigenvalue weighted by molar-refractivity contribution is 0.295. The molecule has 5 rings (SSSR count). The standard InChI is InChI=1S/C26H17Cl2F2N3O/c27-18-7-3-5-16(11-18)14-33-24-13-22(30)21(29)12-23(24)32-25(33)19-8-4-10-31-26(19)34-15-17-6-1-2-9-20(17)28/h1-13H,14-15H2. The van der Waals surface area contributed by atoms with E-state index in [9.17, 15) is 8.78 Å². The number of nitrogens with zero attached hydrogens (tertiary/aromatic N) is 3. The first-order valence-electron chi connectivity index (χ1n) is 10.4. The van der Waals surface area contributed by atoms with Crippen LogP contribution in [0, 0.1) is 11.6 Å². The Bertz CT molecular complexity index is 1500. The predicted molar refractivity (Wildman–Crippen MR) is 129 cm³/mol. The van der Waals surface area contributed by atoms with Crippen LogP contribution < -0.4 is 4.74 Å². The Morgan fingerprint density at radius 2 is 1.71 bits per heavy atom. The van der Waals surface area contributed by atoms with Crippen molar-refractivity contribution in [3.63, 3.8) is 0 Å². The first-order chi connectivity index (χ1) is 16.5. The fourth-order valence-electron chi connectivity index (χ4n) is 3.74. The summed E-state index contributed by atoms with van der Waals surface area (Å²) >= 11 is 12.4. The first-order valence-corrected chi connectivity index (χ1v) is 11.2. The number of fused-ring (bicyclic) bond motifs is 1. The fraction of sp³-hybridized carbons (Fsp3) is 0.0769. The van der Waals surface area contributed by atoms with E-state index in [4.69, 9.17) is 27.9 Å². The summed E-state index contributed by atoms with van der Waals surface area (Å²) in [4.78, 5) is 8.99. The van der Waals surface area contributed by atoms with Crippen LogP contribution in [0.3, 0.4) is 0 Å². The maximum absolute atomic E-state index is 14.2. The largest absolute Gasteiger partial charge is 0.472 e. The number of imidazole rings is 1. The summed E-state index contributed by atoms with van der Waals surface area (Å²) in [5.41, 5.74) is 3.01. The third-order valence-electron chi connectivity index (χ3n) is 5.35. The van der Waals surface area contributed by atoms with Gasteiger partial charge in [-0.05, 0) is 35.9 Å². The summed E-state index contributed by atoms with van der Waals surface area (Å²) in [6, 6.07) is 20.5. The van der Waals surface area contributed by atoms with Crippen molar-refractivity contribution in [2.24, 2.45) is 0 Å². The molecule has 0 N–H and O–H groups in total. The molecule has 0 spiro atoms. The smallest absolute Gasteiger partial charge is 0.224 e. The zero-order valence-electron chi connectivity index (χ0n) is 17.7. The van der Waals surface area contributed by atoms with Crippen LogP contribution >= 0.6 is 23.2 Å². The zero-order chi connectivity index (χ0) is 23.7. The molecule has 3 aromatic carbocycles. The fourth-order valence-corrected chi connectivity index (χ4v) is 4.14. The molecule has 0 bridgehead atoms. The highest BCUT2D eigenvalue weighted by Crippen LogP contribution is 2.33. The monoisotopic (exact) mass is 495 g/mol. The molecule has 8 heteroatoms. The quantitative estimate of drug-likeness (QED) is 0.248. The van der Waals surface area contributed by atoms with Crippen molar-refractivity contribution in [2.75, 3.05) is 0 Å². The molecule has 0 saturated carbocycles. The topological polar surface area (TPSA) is 39.9 Å². The second kappa shape index (κ2) is 9.41. The van der Waals surface area contributed by atoms with Crippen molar-refractivity contribution < 1.29 is 13.5 Å². The second-order valence-corrected chi connectivity index (χ2v) is 8.49. The highest BCUT2D eigenvalue weighted by molar-refractivity contribution is 6.31. The predicted octanol–water partition coefficient (Wildman–Crippen LogP) is 7.31. The maximum Gasteiger partial charge on any atom is 0.224 e. The summed E-state index contributed by atoms with van der Waals surface area (Å²) in [7, 11) is 0. The van der Waals surface area contributed by atoms with Crippen LogP contribution in [-0.4, -0.2) is 14.5 Å². The van der Waals surface area contributed by atoms with Crippen LogP contribution in [0.15, 0.2) is 79.0 Å². The van der Waals surface area contributed by atoms with Gasteiger partial charge < -0.3 is 9.30 Å². The van der Waals surface area contributed by atoms with Gasteiger partial charge in [-0.15, -0.1) is 0 Å². The molecular formula is C26H17Cl2F2N3O. The number of hydrogen-bond acceptors (Lipinski definition) is 3. The van der Waals surface area contributed by atoms with E-state index in [1.807, 2.05) is 36.4 Å². The zero-order valence-corrected chi connectivity index (χ0v) is 19.2. The highest BCUT2D eigenvalue weighted by Gasteiger charge is 2.20. The maximum atomic E-state index is 14.2. The van der Waals surface area contributed by atoms with E-state index >= 15 is 0 Å². The Balaban J connectivity index is 1.61.